The highest BCUT2D eigenvalue weighted by Crippen LogP contribution is 2.28. The average Bonchev–Trinajstić information content (AvgIpc) is 3.21. The second-order valence-corrected chi connectivity index (χ2v) is 8.31. The number of fused-ring (bicyclic) bond motifs is 1. The molecule has 35 heavy (non-hydrogen) atoms. The van der Waals surface area contributed by atoms with Crippen molar-refractivity contribution in [1.82, 2.24) is 14.7 Å². The number of halogens is 1. The van der Waals surface area contributed by atoms with Crippen LogP contribution in [0.5, 0.6) is 11.5 Å². The van der Waals surface area contributed by atoms with E-state index in [0.717, 1.165) is 5.56 Å². The first-order valence-corrected chi connectivity index (χ1v) is 11.4. The van der Waals surface area contributed by atoms with Crippen LogP contribution in [-0.2, 0) is 27.2 Å². The lowest BCUT2D eigenvalue weighted by Gasteiger charge is -2.18. The Morgan fingerprint density at radius 3 is 2.57 bits per heavy atom. The van der Waals surface area contributed by atoms with Crippen molar-refractivity contribution in [2.45, 2.75) is 25.8 Å². The Kier molecular flexibility index (Phi) is 7.22. The molecule has 9 heteroatoms. The van der Waals surface area contributed by atoms with Crippen molar-refractivity contribution < 1.29 is 24.5 Å². The molecule has 1 amide bonds. The highest BCUT2D eigenvalue weighted by atomic mass is 35.5. The van der Waals surface area contributed by atoms with Gasteiger partial charge in [-0.1, -0.05) is 48.0 Å². The maximum Gasteiger partial charge on any atom is 0.328 e. The number of benzene rings is 2. The van der Waals surface area contributed by atoms with Crippen LogP contribution in [0.15, 0.2) is 66.9 Å². The van der Waals surface area contributed by atoms with Gasteiger partial charge in [0.1, 0.15) is 6.04 Å². The fraction of sp³-hybridized carbons (Fsp3) is 0.192. The van der Waals surface area contributed by atoms with E-state index in [-0.39, 0.29) is 30.9 Å². The van der Waals surface area contributed by atoms with Gasteiger partial charge in [0.25, 0.3) is 0 Å². The molecular weight excluding hydrogens is 470 g/mol. The minimum atomic E-state index is -0.991. The quantitative estimate of drug-likeness (QED) is 0.253. The first-order valence-electron chi connectivity index (χ1n) is 11.0. The van der Waals surface area contributed by atoms with Gasteiger partial charge in [0, 0.05) is 18.2 Å². The van der Waals surface area contributed by atoms with Crippen LogP contribution in [0.25, 0.3) is 16.9 Å². The molecule has 0 bridgehead atoms. The molecule has 8 nitrogen and oxygen atoms in total. The van der Waals surface area contributed by atoms with Crippen molar-refractivity contribution in [3.63, 3.8) is 0 Å². The van der Waals surface area contributed by atoms with E-state index in [4.69, 9.17) is 16.3 Å². The summed E-state index contributed by atoms with van der Waals surface area (Å²) in [5.41, 5.74) is 3.14. The molecule has 0 spiro atoms. The van der Waals surface area contributed by atoms with Gasteiger partial charge in [-0.3, -0.25) is 4.79 Å². The van der Waals surface area contributed by atoms with Gasteiger partial charge in [0.15, 0.2) is 17.1 Å². The van der Waals surface area contributed by atoms with Crippen molar-refractivity contribution in [2.75, 3.05) is 6.61 Å². The molecule has 4 rings (SSSR count). The number of phenols is 2. The average molecular weight is 494 g/mol. The molecule has 0 saturated carbocycles. The van der Waals surface area contributed by atoms with Crippen LogP contribution in [-0.4, -0.2) is 44.1 Å². The number of hydrogen-bond acceptors (Lipinski definition) is 6. The first kappa shape index (κ1) is 24.1. The van der Waals surface area contributed by atoms with E-state index in [1.54, 1.807) is 35.7 Å². The highest BCUT2D eigenvalue weighted by Gasteiger charge is 2.25. The molecule has 1 atom stereocenters. The summed E-state index contributed by atoms with van der Waals surface area (Å²) >= 11 is 6.36. The third kappa shape index (κ3) is 5.38. The first-order chi connectivity index (χ1) is 16.9. The van der Waals surface area contributed by atoms with Crippen LogP contribution in [0.4, 0.5) is 0 Å². The monoisotopic (exact) mass is 493 g/mol. The van der Waals surface area contributed by atoms with Crippen molar-refractivity contribution in [1.29, 1.82) is 0 Å². The Hall–Kier alpha value is -4.04. The second-order valence-electron chi connectivity index (χ2n) is 7.90. The van der Waals surface area contributed by atoms with E-state index < -0.39 is 17.9 Å². The Morgan fingerprint density at radius 2 is 1.86 bits per heavy atom. The van der Waals surface area contributed by atoms with Gasteiger partial charge in [0.2, 0.25) is 5.91 Å². The SMILES string of the molecule is CCOC(=O)C(Cc1ccc(O)c(O)c1)NC(=O)Cc1c(-c2ccccc2)nc2c(Cl)cccn12. The standard InChI is InChI=1S/C26H24ClN3O5/c1-2-35-26(34)19(13-16-10-11-21(31)22(32)14-16)28-23(33)15-20-24(17-7-4-3-5-8-17)29-25-18(27)9-6-12-30(20)25/h3-12,14,19,31-32H,2,13,15H2,1H3,(H,28,33). The Balaban J connectivity index is 1.63. The second kappa shape index (κ2) is 10.5. The Bertz CT molecular complexity index is 1370. The van der Waals surface area contributed by atoms with Gasteiger partial charge < -0.3 is 24.7 Å². The molecule has 0 aliphatic carbocycles. The van der Waals surface area contributed by atoms with Crippen molar-refractivity contribution >= 4 is 29.1 Å². The highest BCUT2D eigenvalue weighted by molar-refractivity contribution is 6.33. The zero-order chi connectivity index (χ0) is 24.9. The summed E-state index contributed by atoms with van der Waals surface area (Å²) in [5, 5.41) is 22.6. The van der Waals surface area contributed by atoms with Crippen LogP contribution in [0.1, 0.15) is 18.2 Å². The lowest BCUT2D eigenvalue weighted by atomic mass is 10.0. The van der Waals surface area contributed by atoms with Gasteiger partial charge in [-0.15, -0.1) is 0 Å². The summed E-state index contributed by atoms with van der Waals surface area (Å²) in [6.07, 6.45) is 1.79. The number of nitrogens with zero attached hydrogens (tertiary/aromatic N) is 2. The zero-order valence-corrected chi connectivity index (χ0v) is 19.7. The molecule has 0 aliphatic rings. The maximum absolute atomic E-state index is 13.2. The van der Waals surface area contributed by atoms with Gasteiger partial charge >= 0.3 is 5.97 Å². The largest absolute Gasteiger partial charge is 0.504 e. The molecule has 4 aromatic rings. The number of hydrogen-bond donors (Lipinski definition) is 3. The molecular formula is C26H24ClN3O5. The summed E-state index contributed by atoms with van der Waals surface area (Å²) in [6.45, 7) is 1.83. The fourth-order valence-electron chi connectivity index (χ4n) is 3.84. The molecule has 1 unspecified atom stereocenters. The van der Waals surface area contributed by atoms with Crippen LogP contribution in [0, 0.1) is 0 Å². The van der Waals surface area contributed by atoms with E-state index in [1.807, 2.05) is 30.3 Å². The summed E-state index contributed by atoms with van der Waals surface area (Å²) < 4.78 is 6.91. The Morgan fingerprint density at radius 1 is 1.09 bits per heavy atom. The van der Waals surface area contributed by atoms with Gasteiger partial charge in [0.05, 0.1) is 29.4 Å². The molecule has 3 N–H and O–H groups in total. The van der Waals surface area contributed by atoms with Crippen molar-refractivity contribution in [3.05, 3.63) is 83.1 Å². The van der Waals surface area contributed by atoms with E-state index in [0.29, 0.717) is 27.6 Å². The molecule has 2 aromatic carbocycles. The van der Waals surface area contributed by atoms with Crippen LogP contribution < -0.4 is 5.32 Å². The van der Waals surface area contributed by atoms with Gasteiger partial charge in [-0.25, -0.2) is 9.78 Å². The zero-order valence-electron chi connectivity index (χ0n) is 18.9. The van der Waals surface area contributed by atoms with Crippen molar-refractivity contribution in [2.24, 2.45) is 0 Å². The predicted molar refractivity (Wildman–Crippen MR) is 131 cm³/mol. The lowest BCUT2D eigenvalue weighted by molar-refractivity contribution is -0.147. The number of ether oxygens (including phenoxy) is 1. The lowest BCUT2D eigenvalue weighted by Crippen LogP contribution is -2.44. The van der Waals surface area contributed by atoms with E-state index in [2.05, 4.69) is 10.3 Å². The van der Waals surface area contributed by atoms with Crippen LogP contribution in [0.3, 0.4) is 0 Å². The van der Waals surface area contributed by atoms with Gasteiger partial charge in [-0.05, 0) is 36.8 Å². The van der Waals surface area contributed by atoms with E-state index >= 15 is 0 Å². The van der Waals surface area contributed by atoms with Gasteiger partial charge in [-0.2, -0.15) is 0 Å². The predicted octanol–water partition coefficient (Wildman–Crippen LogP) is 3.90. The normalized spacial score (nSPS) is 11.8. The number of nitrogens with one attached hydrogen (secondary N) is 1. The number of phenolic OH excluding ortho intramolecular Hbond substituents is 2. The number of rotatable bonds is 8. The molecule has 0 radical (unpaired) electrons. The smallest absolute Gasteiger partial charge is 0.328 e. The fourth-order valence-corrected chi connectivity index (χ4v) is 4.05. The third-order valence-electron chi connectivity index (χ3n) is 5.46. The number of pyridine rings is 1. The summed E-state index contributed by atoms with van der Waals surface area (Å²) in [4.78, 5) is 30.4. The summed E-state index contributed by atoms with van der Waals surface area (Å²) in [7, 11) is 0. The topological polar surface area (TPSA) is 113 Å². The number of aromatic nitrogens is 2. The van der Waals surface area contributed by atoms with E-state index in [9.17, 15) is 19.8 Å². The summed E-state index contributed by atoms with van der Waals surface area (Å²) in [6, 6.07) is 16.2. The number of carbonyl (C=O) groups is 2. The molecule has 0 fully saturated rings. The molecule has 180 valence electrons. The number of esters is 1. The maximum atomic E-state index is 13.2. The number of imidazole rings is 1. The Labute approximate surface area is 206 Å². The van der Waals surface area contributed by atoms with Crippen LogP contribution >= 0.6 is 11.6 Å². The number of carbonyl (C=O) groups excluding carboxylic acids is 2. The number of aromatic hydroxyl groups is 2. The van der Waals surface area contributed by atoms with E-state index in [1.165, 1.54) is 12.1 Å². The third-order valence-corrected chi connectivity index (χ3v) is 5.76. The van der Waals surface area contributed by atoms with Crippen LogP contribution in [0.2, 0.25) is 5.02 Å². The molecule has 0 aliphatic heterocycles. The molecule has 2 heterocycles. The minimum absolute atomic E-state index is 0.0670. The van der Waals surface area contributed by atoms with Crippen molar-refractivity contribution in [3.8, 4) is 22.8 Å². The molecule has 0 saturated heterocycles. The minimum Gasteiger partial charge on any atom is -0.504 e. The summed E-state index contributed by atoms with van der Waals surface area (Å²) in [5.74, 6) is -1.60. The molecule has 2 aromatic heterocycles. The number of amides is 1.